The normalized spacial score (nSPS) is 31.6. The van der Waals surface area contributed by atoms with Gasteiger partial charge in [0.15, 0.2) is 5.78 Å². The quantitative estimate of drug-likeness (QED) is 0.152. The Hall–Kier alpha value is -2.07. The fourth-order valence-electron chi connectivity index (χ4n) is 6.15. The van der Waals surface area contributed by atoms with Gasteiger partial charge in [-0.05, 0) is 25.7 Å². The number of allylic oxidation sites excluding steroid dienone is 2. The summed E-state index contributed by atoms with van der Waals surface area (Å²) in [5.41, 5.74) is -0.326. The molecule has 6 atom stereocenters. The number of nitrogens with one attached hydrogen (secondary N) is 1. The zero-order valence-electron chi connectivity index (χ0n) is 21.9. The van der Waals surface area contributed by atoms with Crippen molar-refractivity contribution in [2.24, 2.45) is 11.3 Å². The fourth-order valence-corrected chi connectivity index (χ4v) is 6.15. The van der Waals surface area contributed by atoms with Crippen molar-refractivity contribution in [2.45, 2.75) is 114 Å². The number of carbonyl (C=O) groups is 3. The molecular weight excluding hydrogens is 478 g/mol. The van der Waals surface area contributed by atoms with E-state index in [4.69, 9.17) is 9.84 Å². The van der Waals surface area contributed by atoms with E-state index in [1.807, 2.05) is 19.1 Å². The molecule has 2 saturated heterocycles. The number of ether oxygens (including phenoxy) is 1. The predicted octanol–water partition coefficient (Wildman–Crippen LogP) is 2.77. The van der Waals surface area contributed by atoms with E-state index in [2.05, 4.69) is 5.32 Å². The first-order valence-electron chi connectivity index (χ1n) is 13.8. The molecule has 2 aliphatic heterocycles. The number of aliphatic hydroxyl groups is 3. The molecule has 2 heterocycles. The van der Waals surface area contributed by atoms with Crippen LogP contribution < -0.4 is 5.32 Å². The van der Waals surface area contributed by atoms with E-state index in [0.717, 1.165) is 38.5 Å². The first-order valence-corrected chi connectivity index (χ1v) is 13.8. The minimum atomic E-state index is -2.10. The van der Waals surface area contributed by atoms with E-state index in [9.17, 15) is 29.7 Å². The number of aliphatic hydroxyl groups excluding tert-OH is 2. The summed E-state index contributed by atoms with van der Waals surface area (Å²) in [5, 5.41) is 44.4. The Kier molecular flexibility index (Phi) is 10.5. The molecule has 5 N–H and O–H groups in total. The van der Waals surface area contributed by atoms with Crippen molar-refractivity contribution < 1.29 is 39.5 Å². The zero-order valence-corrected chi connectivity index (χ0v) is 21.9. The van der Waals surface area contributed by atoms with E-state index >= 15 is 0 Å². The summed E-state index contributed by atoms with van der Waals surface area (Å²) in [6.45, 7) is 2.27. The highest BCUT2D eigenvalue weighted by atomic mass is 16.6. The molecule has 3 aliphatic rings. The van der Waals surface area contributed by atoms with Crippen LogP contribution in [0, 0.1) is 11.3 Å². The summed E-state index contributed by atoms with van der Waals surface area (Å²) in [4.78, 5) is 36.2. The van der Waals surface area contributed by atoms with Crippen LogP contribution in [-0.2, 0) is 19.1 Å². The number of aliphatic carboxylic acids is 1. The van der Waals surface area contributed by atoms with Crippen LogP contribution in [0.1, 0.15) is 90.4 Å². The van der Waals surface area contributed by atoms with Crippen molar-refractivity contribution in [1.82, 2.24) is 5.32 Å². The Labute approximate surface area is 219 Å². The molecule has 1 unspecified atom stereocenters. The van der Waals surface area contributed by atoms with Gasteiger partial charge in [-0.3, -0.25) is 14.4 Å². The number of β-amino-alcohol motifs (C(OH)–C–C–N with tert-alkyl or cyclic N) is 1. The Balaban J connectivity index is 1.57. The highest BCUT2D eigenvalue weighted by Gasteiger charge is 2.66. The van der Waals surface area contributed by atoms with Crippen LogP contribution in [0.4, 0.5) is 0 Å². The topological polar surface area (TPSA) is 153 Å². The van der Waals surface area contributed by atoms with E-state index in [1.54, 1.807) is 0 Å². The van der Waals surface area contributed by atoms with Gasteiger partial charge in [0.1, 0.15) is 6.10 Å². The first kappa shape index (κ1) is 29.5. The van der Waals surface area contributed by atoms with Gasteiger partial charge in [-0.2, -0.15) is 0 Å². The monoisotopic (exact) mass is 521 g/mol. The lowest BCUT2D eigenvalue weighted by Gasteiger charge is -2.54. The van der Waals surface area contributed by atoms with Crippen LogP contribution in [0.15, 0.2) is 23.9 Å². The standard InChI is InChI=1S/C28H43NO8/c1-2-3-9-12-19-22(37-28(36)18-27(19)23(16-24(28)32)29-17-25(27)33)15-21(31)20(30)13-10-7-5-4-6-8-11-14-26(34)35/h3,9,16,19-20,22,25,29-30,33,36H,2,4-8,10-15,17-18H2,1H3,(H,34,35)/b9-3-/t19-,20+,22-,25+,27?,28-/m0/s1. The molecule has 1 spiro atoms. The summed E-state index contributed by atoms with van der Waals surface area (Å²) >= 11 is 0. The summed E-state index contributed by atoms with van der Waals surface area (Å²) < 4.78 is 5.90. The van der Waals surface area contributed by atoms with Crippen LogP contribution in [0.5, 0.6) is 0 Å². The molecule has 2 fully saturated rings. The van der Waals surface area contributed by atoms with Gasteiger partial charge in [0.05, 0.1) is 12.2 Å². The minimum absolute atomic E-state index is 0.0625. The molecular formula is C28H43NO8. The molecule has 0 saturated carbocycles. The maximum Gasteiger partial charge on any atom is 0.303 e. The van der Waals surface area contributed by atoms with Gasteiger partial charge in [0.25, 0.3) is 0 Å². The summed E-state index contributed by atoms with van der Waals surface area (Å²) in [5.74, 6) is -4.19. The molecule has 2 bridgehead atoms. The minimum Gasteiger partial charge on any atom is -0.481 e. The molecule has 0 aromatic rings. The zero-order chi connectivity index (χ0) is 27.1. The Bertz CT molecular complexity index is 885. The molecule has 9 heteroatoms. The van der Waals surface area contributed by atoms with Crippen LogP contribution in [0.3, 0.4) is 0 Å². The predicted molar refractivity (Wildman–Crippen MR) is 136 cm³/mol. The van der Waals surface area contributed by atoms with Gasteiger partial charge in [0, 0.05) is 48.9 Å². The lowest BCUT2D eigenvalue weighted by molar-refractivity contribution is -0.286. The lowest BCUT2D eigenvalue weighted by Crippen LogP contribution is -2.63. The molecule has 1 aliphatic carbocycles. The third-order valence-corrected chi connectivity index (χ3v) is 8.17. The Morgan fingerprint density at radius 3 is 2.51 bits per heavy atom. The van der Waals surface area contributed by atoms with Gasteiger partial charge >= 0.3 is 5.97 Å². The summed E-state index contributed by atoms with van der Waals surface area (Å²) in [6.07, 6.45) is 10.2. The second-order valence-corrected chi connectivity index (χ2v) is 10.8. The van der Waals surface area contributed by atoms with Crippen molar-refractivity contribution in [3.05, 3.63) is 23.9 Å². The van der Waals surface area contributed by atoms with E-state index in [0.29, 0.717) is 31.4 Å². The van der Waals surface area contributed by atoms with Gasteiger partial charge in [-0.1, -0.05) is 57.6 Å². The third kappa shape index (κ3) is 6.88. The van der Waals surface area contributed by atoms with E-state index < -0.39 is 41.3 Å². The molecule has 208 valence electrons. The van der Waals surface area contributed by atoms with Crippen molar-refractivity contribution in [3.63, 3.8) is 0 Å². The number of rotatable bonds is 16. The average Bonchev–Trinajstić information content (AvgIpc) is 3.14. The second-order valence-electron chi connectivity index (χ2n) is 10.8. The molecule has 3 rings (SSSR count). The smallest absolute Gasteiger partial charge is 0.303 e. The van der Waals surface area contributed by atoms with Crippen molar-refractivity contribution >= 4 is 17.5 Å². The number of unbranched alkanes of at least 4 members (excludes halogenated alkanes) is 6. The van der Waals surface area contributed by atoms with Gasteiger partial charge in [0.2, 0.25) is 11.6 Å². The second kappa shape index (κ2) is 13.1. The molecule has 0 aromatic carbocycles. The van der Waals surface area contributed by atoms with Crippen molar-refractivity contribution in [3.8, 4) is 0 Å². The van der Waals surface area contributed by atoms with Crippen LogP contribution in [0.25, 0.3) is 0 Å². The number of carboxylic acid groups (broad SMARTS) is 1. The Morgan fingerprint density at radius 2 is 1.84 bits per heavy atom. The lowest BCUT2D eigenvalue weighted by atomic mass is 9.58. The maximum absolute atomic E-state index is 13.0. The Morgan fingerprint density at radius 1 is 1.16 bits per heavy atom. The van der Waals surface area contributed by atoms with Gasteiger partial charge < -0.3 is 30.5 Å². The maximum atomic E-state index is 13.0. The average molecular weight is 522 g/mol. The molecule has 0 radical (unpaired) electrons. The summed E-state index contributed by atoms with van der Waals surface area (Å²) in [7, 11) is 0. The van der Waals surface area contributed by atoms with Crippen LogP contribution >= 0.6 is 0 Å². The highest BCUT2D eigenvalue weighted by Crippen LogP contribution is 2.57. The summed E-state index contributed by atoms with van der Waals surface area (Å²) in [6, 6.07) is 0. The van der Waals surface area contributed by atoms with Crippen molar-refractivity contribution in [2.75, 3.05) is 6.54 Å². The molecule has 9 nitrogen and oxygen atoms in total. The number of fused-ring (bicyclic) bond motifs is 1. The van der Waals surface area contributed by atoms with E-state index in [-0.39, 0.29) is 37.5 Å². The fraction of sp³-hybridized carbons (Fsp3) is 0.750. The van der Waals surface area contributed by atoms with Crippen LogP contribution in [0.2, 0.25) is 0 Å². The highest BCUT2D eigenvalue weighted by molar-refractivity contribution is 5.98. The number of hydrogen-bond donors (Lipinski definition) is 5. The molecule has 0 aromatic heterocycles. The largest absolute Gasteiger partial charge is 0.481 e. The molecule has 37 heavy (non-hydrogen) atoms. The SMILES string of the molecule is CC/C=C\C[C@H]1[C@H](CC(=O)[C@H](O)CCCCCCCCCC(=O)O)O[C@@]2(O)CC13C(=CC2=O)NC[C@H]3O. The number of ketones is 2. The van der Waals surface area contributed by atoms with E-state index in [1.165, 1.54) is 6.08 Å². The number of carbonyl (C=O) groups excluding carboxylic acids is 2. The first-order chi connectivity index (χ1) is 17.6. The number of carboxylic acids is 1. The van der Waals surface area contributed by atoms with Crippen molar-refractivity contribution in [1.29, 1.82) is 0 Å². The third-order valence-electron chi connectivity index (χ3n) is 8.17. The van der Waals surface area contributed by atoms with Gasteiger partial charge in [-0.25, -0.2) is 0 Å². The number of Topliss-reactive ketones (excluding diaryl/α,β-unsaturated/α-hetero) is 1. The van der Waals surface area contributed by atoms with Crippen LogP contribution in [-0.4, -0.2) is 68.6 Å². The molecule has 0 amide bonds. The number of hydrogen-bond acceptors (Lipinski definition) is 8. The van der Waals surface area contributed by atoms with Gasteiger partial charge in [-0.15, -0.1) is 0 Å².